The monoisotopic (exact) mass is 479 g/mol. The Hall–Kier alpha value is -2.89. The smallest absolute Gasteiger partial charge is 0.273 e. The fraction of sp³-hybridized carbons (Fsp3) is 0.150. The van der Waals surface area contributed by atoms with E-state index >= 15 is 0 Å². The van der Waals surface area contributed by atoms with Gasteiger partial charge in [-0.2, -0.15) is 0 Å². The number of hydrogen-bond acceptors (Lipinski definition) is 6. The standard InChI is InChI=1S/C20H21N3O5S3/c1-22(30(3,25)26)18-7-4-6-16(14-18)21-20(24)15-9-11-17(12-10-15)23(2)31(27,28)19-8-5-13-29-19/h4-14H,1-3H3,(H,21,24). The zero-order valence-electron chi connectivity index (χ0n) is 17.0. The second-order valence-corrected chi connectivity index (χ2v) is 11.8. The molecule has 0 radical (unpaired) electrons. The van der Waals surface area contributed by atoms with Gasteiger partial charge in [-0.25, -0.2) is 16.8 Å². The molecule has 3 aromatic rings. The summed E-state index contributed by atoms with van der Waals surface area (Å²) >= 11 is 1.13. The first-order valence-corrected chi connectivity index (χ1v) is 13.1. The molecule has 2 aromatic carbocycles. The molecule has 0 fully saturated rings. The van der Waals surface area contributed by atoms with Crippen LogP contribution < -0.4 is 13.9 Å². The van der Waals surface area contributed by atoms with E-state index in [4.69, 9.17) is 0 Å². The van der Waals surface area contributed by atoms with Gasteiger partial charge < -0.3 is 5.32 Å². The minimum atomic E-state index is -3.66. The highest BCUT2D eigenvalue weighted by atomic mass is 32.2. The average Bonchev–Trinajstić information content (AvgIpc) is 3.28. The molecular weight excluding hydrogens is 458 g/mol. The number of sulfonamides is 2. The van der Waals surface area contributed by atoms with Crippen LogP contribution in [0.3, 0.4) is 0 Å². The Kier molecular flexibility index (Phi) is 6.39. The minimum absolute atomic E-state index is 0.232. The van der Waals surface area contributed by atoms with E-state index in [1.54, 1.807) is 47.8 Å². The van der Waals surface area contributed by atoms with E-state index in [0.29, 0.717) is 22.6 Å². The van der Waals surface area contributed by atoms with Crippen molar-refractivity contribution in [3.05, 3.63) is 71.6 Å². The first-order valence-electron chi connectivity index (χ1n) is 8.98. The number of anilines is 3. The number of amides is 1. The Balaban J connectivity index is 1.76. The molecule has 0 unspecified atom stereocenters. The lowest BCUT2D eigenvalue weighted by Gasteiger charge is -2.19. The summed E-state index contributed by atoms with van der Waals surface area (Å²) in [4.78, 5) is 12.6. The van der Waals surface area contributed by atoms with E-state index in [9.17, 15) is 21.6 Å². The molecule has 0 spiro atoms. The fourth-order valence-corrected chi connectivity index (χ4v) is 5.53. The molecular formula is C20H21N3O5S3. The Labute approximate surface area is 185 Å². The van der Waals surface area contributed by atoms with Gasteiger partial charge in [-0.15, -0.1) is 11.3 Å². The van der Waals surface area contributed by atoms with Crippen molar-refractivity contribution in [3.63, 3.8) is 0 Å². The average molecular weight is 480 g/mol. The molecule has 0 bridgehead atoms. The zero-order valence-corrected chi connectivity index (χ0v) is 19.5. The van der Waals surface area contributed by atoms with E-state index in [-0.39, 0.29) is 4.21 Å². The van der Waals surface area contributed by atoms with Crippen molar-refractivity contribution >= 4 is 54.4 Å². The molecule has 164 valence electrons. The van der Waals surface area contributed by atoms with Crippen LogP contribution in [0.25, 0.3) is 0 Å². The lowest BCUT2D eigenvalue weighted by atomic mass is 10.2. The van der Waals surface area contributed by atoms with Gasteiger partial charge in [0.15, 0.2) is 0 Å². The van der Waals surface area contributed by atoms with Crippen molar-refractivity contribution in [2.75, 3.05) is 34.3 Å². The number of nitrogens with one attached hydrogen (secondary N) is 1. The van der Waals surface area contributed by atoms with Crippen molar-refractivity contribution in [1.29, 1.82) is 0 Å². The van der Waals surface area contributed by atoms with Gasteiger partial charge in [0.1, 0.15) is 4.21 Å². The summed E-state index contributed by atoms with van der Waals surface area (Å²) in [5.74, 6) is -0.408. The molecule has 1 N–H and O–H groups in total. The van der Waals surface area contributed by atoms with Crippen molar-refractivity contribution in [2.24, 2.45) is 0 Å². The molecule has 0 aliphatic heterocycles. The van der Waals surface area contributed by atoms with Crippen LogP contribution in [0.2, 0.25) is 0 Å². The molecule has 1 heterocycles. The van der Waals surface area contributed by atoms with Gasteiger partial charge in [-0.3, -0.25) is 13.4 Å². The highest BCUT2D eigenvalue weighted by molar-refractivity contribution is 7.94. The van der Waals surface area contributed by atoms with E-state index in [1.165, 1.54) is 32.3 Å². The third-order valence-electron chi connectivity index (χ3n) is 4.57. The van der Waals surface area contributed by atoms with Crippen LogP contribution in [0.4, 0.5) is 17.1 Å². The Bertz CT molecular complexity index is 1290. The Morgan fingerprint density at radius 2 is 1.55 bits per heavy atom. The summed E-state index contributed by atoms with van der Waals surface area (Å²) in [5.41, 5.74) is 1.59. The molecule has 0 saturated carbocycles. The van der Waals surface area contributed by atoms with Crippen molar-refractivity contribution in [3.8, 4) is 0 Å². The summed E-state index contributed by atoms with van der Waals surface area (Å²) in [6, 6.07) is 15.8. The highest BCUT2D eigenvalue weighted by Gasteiger charge is 2.22. The Morgan fingerprint density at radius 1 is 0.871 bits per heavy atom. The first-order chi connectivity index (χ1) is 14.5. The van der Waals surface area contributed by atoms with Gasteiger partial charge in [0, 0.05) is 25.3 Å². The van der Waals surface area contributed by atoms with Gasteiger partial charge >= 0.3 is 0 Å². The number of hydrogen-bond donors (Lipinski definition) is 1. The molecule has 8 nitrogen and oxygen atoms in total. The Morgan fingerprint density at radius 3 is 2.13 bits per heavy atom. The summed E-state index contributed by atoms with van der Waals surface area (Å²) in [7, 11) is -4.21. The van der Waals surface area contributed by atoms with Crippen LogP contribution in [0.1, 0.15) is 10.4 Å². The fourth-order valence-electron chi connectivity index (χ4n) is 2.68. The first kappa shape index (κ1) is 22.8. The second kappa shape index (κ2) is 8.69. The van der Waals surface area contributed by atoms with Crippen LogP contribution in [-0.4, -0.2) is 43.1 Å². The number of benzene rings is 2. The van der Waals surface area contributed by atoms with Crippen molar-refractivity contribution in [2.45, 2.75) is 4.21 Å². The summed E-state index contributed by atoms with van der Waals surface area (Å²) < 4.78 is 51.2. The largest absolute Gasteiger partial charge is 0.322 e. The lowest BCUT2D eigenvalue weighted by molar-refractivity contribution is 0.102. The maximum absolute atomic E-state index is 12.6. The van der Waals surface area contributed by atoms with Gasteiger partial charge in [0.25, 0.3) is 15.9 Å². The zero-order chi connectivity index (χ0) is 22.8. The van der Waals surface area contributed by atoms with E-state index in [2.05, 4.69) is 5.32 Å². The molecule has 0 aliphatic carbocycles. The predicted octanol–water partition coefficient (Wildman–Crippen LogP) is 3.22. The van der Waals surface area contributed by atoms with E-state index in [0.717, 1.165) is 26.2 Å². The molecule has 1 amide bonds. The third kappa shape index (κ3) is 5.06. The summed E-state index contributed by atoms with van der Waals surface area (Å²) in [6.07, 6.45) is 1.09. The van der Waals surface area contributed by atoms with Gasteiger partial charge in [0.2, 0.25) is 10.0 Å². The normalized spacial score (nSPS) is 11.7. The number of thiophene rings is 1. The molecule has 0 atom stereocenters. The lowest BCUT2D eigenvalue weighted by Crippen LogP contribution is -2.25. The van der Waals surface area contributed by atoms with Gasteiger partial charge in [-0.05, 0) is 53.9 Å². The van der Waals surface area contributed by atoms with E-state index in [1.807, 2.05) is 0 Å². The molecule has 0 aliphatic rings. The van der Waals surface area contributed by atoms with Gasteiger partial charge in [0.05, 0.1) is 17.6 Å². The molecule has 3 rings (SSSR count). The number of rotatable bonds is 7. The molecule has 31 heavy (non-hydrogen) atoms. The maximum Gasteiger partial charge on any atom is 0.273 e. The minimum Gasteiger partial charge on any atom is -0.322 e. The summed E-state index contributed by atoms with van der Waals surface area (Å²) in [6.45, 7) is 0. The number of carbonyl (C=O) groups excluding carboxylic acids is 1. The maximum atomic E-state index is 12.6. The van der Waals surface area contributed by atoms with Crippen LogP contribution >= 0.6 is 11.3 Å². The van der Waals surface area contributed by atoms with Crippen LogP contribution in [0.15, 0.2) is 70.3 Å². The quantitative estimate of drug-likeness (QED) is 0.560. The van der Waals surface area contributed by atoms with Crippen molar-refractivity contribution < 1.29 is 21.6 Å². The van der Waals surface area contributed by atoms with Crippen LogP contribution in [-0.2, 0) is 20.0 Å². The third-order valence-corrected chi connectivity index (χ3v) is 8.93. The van der Waals surface area contributed by atoms with E-state index < -0.39 is 26.0 Å². The molecule has 11 heteroatoms. The SMILES string of the molecule is CN(c1cccc(NC(=O)c2ccc(N(C)S(=O)(=O)c3cccs3)cc2)c1)S(C)(=O)=O. The topological polar surface area (TPSA) is 104 Å². The molecule has 1 aromatic heterocycles. The highest BCUT2D eigenvalue weighted by Crippen LogP contribution is 2.26. The second-order valence-electron chi connectivity index (χ2n) is 6.69. The van der Waals surface area contributed by atoms with Gasteiger partial charge in [-0.1, -0.05) is 12.1 Å². The van der Waals surface area contributed by atoms with Crippen LogP contribution in [0, 0.1) is 0 Å². The number of carbonyl (C=O) groups is 1. The number of nitrogens with zero attached hydrogens (tertiary/aromatic N) is 2. The predicted molar refractivity (Wildman–Crippen MR) is 124 cm³/mol. The van der Waals surface area contributed by atoms with Crippen LogP contribution in [0.5, 0.6) is 0 Å². The molecule has 0 saturated heterocycles. The van der Waals surface area contributed by atoms with Crippen molar-refractivity contribution in [1.82, 2.24) is 0 Å². The summed E-state index contributed by atoms with van der Waals surface area (Å²) in [5, 5.41) is 4.41.